The number of aliphatic hydroxyl groups is 1. The second-order valence-corrected chi connectivity index (χ2v) is 5.24. The highest BCUT2D eigenvalue weighted by Gasteiger charge is 2.55. The summed E-state index contributed by atoms with van der Waals surface area (Å²) in [4.78, 5) is 15.6. The predicted octanol–water partition coefficient (Wildman–Crippen LogP) is -1.72. The van der Waals surface area contributed by atoms with Crippen molar-refractivity contribution in [3.63, 3.8) is 0 Å². The number of ether oxygens (including phenoxy) is 3. The maximum absolute atomic E-state index is 11.5. The Balaban J connectivity index is 1.82. The summed E-state index contributed by atoms with van der Waals surface area (Å²) in [6.07, 6.45) is -2.26. The molecule has 3 rings (SSSR count). The van der Waals surface area contributed by atoms with Crippen LogP contribution in [0.4, 0.5) is 0 Å². The summed E-state index contributed by atoms with van der Waals surface area (Å²) < 4.78 is 16.9. The van der Waals surface area contributed by atoms with Gasteiger partial charge in [0.05, 0.1) is 6.61 Å². The summed E-state index contributed by atoms with van der Waals surface area (Å²) in [7, 11) is 0. The molecular weight excluding hydrogens is 268 g/mol. The number of guanidine groups is 1. The van der Waals surface area contributed by atoms with Crippen molar-refractivity contribution in [3.8, 4) is 0 Å². The number of nitrogens with zero attached hydrogens (tertiary/aromatic N) is 1. The van der Waals surface area contributed by atoms with E-state index in [9.17, 15) is 9.90 Å². The smallest absolute Gasteiger partial charge is 0.293 e. The molecule has 9 nitrogen and oxygen atoms in total. The molecule has 4 N–H and O–H groups in total. The molecule has 9 heteroatoms. The van der Waals surface area contributed by atoms with E-state index in [1.807, 2.05) is 0 Å². The Hall–Kier alpha value is -1.55. The summed E-state index contributed by atoms with van der Waals surface area (Å²) in [5, 5.41) is 21.4. The van der Waals surface area contributed by atoms with Crippen LogP contribution in [0.3, 0.4) is 0 Å². The average molecular weight is 284 g/mol. The second kappa shape index (κ2) is 4.48. The van der Waals surface area contributed by atoms with Crippen LogP contribution in [-0.2, 0) is 19.0 Å². The highest BCUT2D eigenvalue weighted by Crippen LogP contribution is 2.38. The second-order valence-electron chi connectivity index (χ2n) is 5.24. The van der Waals surface area contributed by atoms with E-state index in [-0.39, 0.29) is 18.4 Å². The largest absolute Gasteiger partial charge is 0.394 e. The normalized spacial score (nSPS) is 40.9. The van der Waals surface area contributed by atoms with Gasteiger partial charge in [0.2, 0.25) is 5.96 Å². The van der Waals surface area contributed by atoms with E-state index in [1.165, 1.54) is 0 Å². The van der Waals surface area contributed by atoms with Crippen LogP contribution in [0.2, 0.25) is 0 Å². The predicted molar refractivity (Wildman–Crippen MR) is 66.0 cm³/mol. The van der Waals surface area contributed by atoms with Crippen LogP contribution in [-0.4, -0.2) is 59.7 Å². The zero-order valence-electron chi connectivity index (χ0n) is 11.0. The van der Waals surface area contributed by atoms with E-state index >= 15 is 0 Å². The third-order valence-electron chi connectivity index (χ3n) is 3.26. The Kier molecular flexibility index (Phi) is 3.01. The minimum Gasteiger partial charge on any atom is -0.394 e. The molecule has 20 heavy (non-hydrogen) atoms. The molecule has 0 aliphatic carbocycles. The number of aliphatic hydroxyl groups excluding tert-OH is 1. The third kappa shape index (κ3) is 2.18. The first kappa shape index (κ1) is 13.4. The maximum Gasteiger partial charge on any atom is 0.293 e. The first-order valence-corrected chi connectivity index (χ1v) is 6.26. The van der Waals surface area contributed by atoms with Gasteiger partial charge in [0.1, 0.15) is 18.3 Å². The topological polar surface area (TPSA) is 125 Å². The van der Waals surface area contributed by atoms with Crippen molar-refractivity contribution in [1.82, 2.24) is 10.6 Å². The van der Waals surface area contributed by atoms with Crippen LogP contribution in [0, 0.1) is 5.41 Å². The van der Waals surface area contributed by atoms with Crippen molar-refractivity contribution >= 4 is 17.7 Å². The summed E-state index contributed by atoms with van der Waals surface area (Å²) in [6, 6.07) is 0. The average Bonchev–Trinajstić information content (AvgIpc) is 2.93. The fraction of sp³-hybridized carbons (Fsp3) is 0.727. The van der Waals surface area contributed by atoms with Crippen molar-refractivity contribution in [2.24, 2.45) is 4.99 Å². The van der Waals surface area contributed by atoms with Gasteiger partial charge in [-0.05, 0) is 13.8 Å². The van der Waals surface area contributed by atoms with Crippen molar-refractivity contribution in [3.05, 3.63) is 0 Å². The van der Waals surface area contributed by atoms with E-state index in [0.717, 1.165) is 0 Å². The highest BCUT2D eigenvalue weighted by molar-refractivity contribution is 6.47. The summed E-state index contributed by atoms with van der Waals surface area (Å²) in [5.41, 5.74) is 0. The molecule has 0 spiro atoms. The van der Waals surface area contributed by atoms with Gasteiger partial charge in [0.25, 0.3) is 5.91 Å². The van der Waals surface area contributed by atoms with Gasteiger partial charge in [-0.15, -0.1) is 0 Å². The van der Waals surface area contributed by atoms with E-state index in [2.05, 4.69) is 15.6 Å². The molecular formula is C11H16N4O5. The SMILES string of the molecule is CC1(C)O[C@@H]2[C@H](O1)[C@@H](CO)O[C@H]2/N=C1/NC(=N)NC1=O. The Bertz CT molecular complexity index is 491. The fourth-order valence-electron chi connectivity index (χ4n) is 2.51. The van der Waals surface area contributed by atoms with Gasteiger partial charge in [-0.3, -0.25) is 15.5 Å². The minimum absolute atomic E-state index is 0.00866. The van der Waals surface area contributed by atoms with E-state index in [0.29, 0.717) is 0 Å². The van der Waals surface area contributed by atoms with Crippen LogP contribution in [0.15, 0.2) is 4.99 Å². The molecule has 0 aromatic rings. The molecule has 3 saturated heterocycles. The van der Waals surface area contributed by atoms with Crippen LogP contribution in [0.25, 0.3) is 0 Å². The Morgan fingerprint density at radius 2 is 2.05 bits per heavy atom. The van der Waals surface area contributed by atoms with Crippen LogP contribution >= 0.6 is 0 Å². The molecule has 0 unspecified atom stereocenters. The Morgan fingerprint density at radius 3 is 2.65 bits per heavy atom. The van der Waals surface area contributed by atoms with Gasteiger partial charge >= 0.3 is 0 Å². The van der Waals surface area contributed by atoms with Crippen LogP contribution < -0.4 is 10.6 Å². The number of aliphatic imine (C=N–C) groups is 1. The molecule has 0 aromatic carbocycles. The van der Waals surface area contributed by atoms with Gasteiger partial charge in [-0.1, -0.05) is 0 Å². The van der Waals surface area contributed by atoms with Crippen molar-refractivity contribution < 1.29 is 24.1 Å². The molecule has 110 valence electrons. The number of carbonyl (C=O) groups excluding carboxylic acids is 1. The molecule has 3 fully saturated rings. The summed E-state index contributed by atoms with van der Waals surface area (Å²) in [6.45, 7) is 3.30. The molecule has 3 heterocycles. The molecule has 0 bridgehead atoms. The van der Waals surface area contributed by atoms with Gasteiger partial charge in [0.15, 0.2) is 17.9 Å². The zero-order valence-corrected chi connectivity index (χ0v) is 11.0. The number of hydrogen-bond donors (Lipinski definition) is 4. The molecule has 0 aromatic heterocycles. The van der Waals surface area contributed by atoms with Crippen LogP contribution in [0.5, 0.6) is 0 Å². The molecule has 3 aliphatic rings. The van der Waals surface area contributed by atoms with E-state index in [4.69, 9.17) is 19.6 Å². The van der Waals surface area contributed by atoms with E-state index < -0.39 is 36.2 Å². The van der Waals surface area contributed by atoms with Gasteiger partial charge in [-0.25, -0.2) is 4.99 Å². The number of rotatable bonds is 2. The standard InChI is InChI=1S/C11H16N4O5/c1-11(2)19-5-4(3-16)18-9(6(5)20-11)13-7-8(17)15-10(12)14-7/h4-6,9,16H,3H2,1-2H3,(H3,12,13,14,15,17)/t4-,5-,6-,9-/m1/s1. The van der Waals surface area contributed by atoms with Crippen LogP contribution in [0.1, 0.15) is 13.8 Å². The van der Waals surface area contributed by atoms with Crippen molar-refractivity contribution in [1.29, 1.82) is 5.41 Å². The minimum atomic E-state index is -0.789. The van der Waals surface area contributed by atoms with Gasteiger partial charge in [-0.2, -0.15) is 0 Å². The lowest BCUT2D eigenvalue weighted by molar-refractivity contribution is -0.189. The lowest BCUT2D eigenvalue weighted by Gasteiger charge is -2.22. The number of hydrogen-bond acceptors (Lipinski definition) is 7. The lowest BCUT2D eigenvalue weighted by Crippen LogP contribution is -2.32. The molecule has 3 aliphatic heterocycles. The third-order valence-corrected chi connectivity index (χ3v) is 3.26. The number of amides is 1. The Labute approximate surface area is 114 Å². The molecule has 1 amide bonds. The number of carbonyl (C=O) groups is 1. The number of amidine groups is 1. The van der Waals surface area contributed by atoms with Crippen molar-refractivity contribution in [2.75, 3.05) is 6.61 Å². The monoisotopic (exact) mass is 284 g/mol. The zero-order chi connectivity index (χ0) is 14.5. The molecule has 4 atom stereocenters. The maximum atomic E-state index is 11.5. The fourth-order valence-corrected chi connectivity index (χ4v) is 2.51. The lowest BCUT2D eigenvalue weighted by atomic mass is 10.1. The first-order valence-electron chi connectivity index (χ1n) is 6.26. The quantitative estimate of drug-likeness (QED) is 0.478. The Morgan fingerprint density at radius 1 is 1.35 bits per heavy atom. The molecule has 0 radical (unpaired) electrons. The van der Waals surface area contributed by atoms with Crippen molar-refractivity contribution in [2.45, 2.75) is 44.2 Å². The van der Waals surface area contributed by atoms with Gasteiger partial charge in [0, 0.05) is 0 Å². The summed E-state index contributed by atoms with van der Waals surface area (Å²) >= 11 is 0. The van der Waals surface area contributed by atoms with Gasteiger partial charge < -0.3 is 24.6 Å². The molecule has 0 saturated carbocycles. The highest BCUT2D eigenvalue weighted by atomic mass is 16.8. The number of nitrogens with one attached hydrogen (secondary N) is 3. The number of fused-ring (bicyclic) bond motifs is 1. The summed E-state index contributed by atoms with van der Waals surface area (Å²) in [5.74, 6) is -1.43. The first-order chi connectivity index (χ1) is 9.39. The van der Waals surface area contributed by atoms with E-state index in [1.54, 1.807) is 13.8 Å².